The van der Waals surface area contributed by atoms with E-state index in [0.29, 0.717) is 5.56 Å². The molecule has 2 aromatic rings. The van der Waals surface area contributed by atoms with Crippen LogP contribution in [0.4, 0.5) is 10.1 Å². The van der Waals surface area contributed by atoms with E-state index in [4.69, 9.17) is 0 Å². The van der Waals surface area contributed by atoms with Crippen LogP contribution in [0.25, 0.3) is 0 Å². The van der Waals surface area contributed by atoms with Crippen molar-refractivity contribution in [1.82, 2.24) is 9.55 Å². The van der Waals surface area contributed by atoms with E-state index in [1.54, 1.807) is 19.2 Å². The first-order chi connectivity index (χ1) is 8.18. The summed E-state index contributed by atoms with van der Waals surface area (Å²) >= 11 is 0. The molecule has 90 valence electrons. The summed E-state index contributed by atoms with van der Waals surface area (Å²) in [5.41, 5.74) is 1.51. The Morgan fingerprint density at radius 2 is 2.18 bits per heavy atom. The van der Waals surface area contributed by atoms with Gasteiger partial charge in [0.15, 0.2) is 0 Å². The highest BCUT2D eigenvalue weighted by Gasteiger charge is 2.02. The second-order valence-electron chi connectivity index (χ2n) is 4.01. The van der Waals surface area contributed by atoms with Crippen LogP contribution in [0.15, 0.2) is 30.6 Å². The first kappa shape index (κ1) is 11.6. The van der Waals surface area contributed by atoms with Crippen molar-refractivity contribution in [2.45, 2.75) is 20.4 Å². The number of nitrogens with zero attached hydrogens (tertiary/aromatic N) is 2. The van der Waals surface area contributed by atoms with Crippen molar-refractivity contribution in [1.29, 1.82) is 0 Å². The molecule has 1 heterocycles. The normalized spacial score (nSPS) is 10.5. The number of aryl methyl sites for hydroxylation is 1. The molecule has 4 heteroatoms. The van der Waals surface area contributed by atoms with Crippen molar-refractivity contribution >= 4 is 5.69 Å². The molecule has 0 atom stereocenters. The Morgan fingerprint density at radius 3 is 2.88 bits per heavy atom. The Kier molecular flexibility index (Phi) is 3.42. The summed E-state index contributed by atoms with van der Waals surface area (Å²) in [6.07, 6.45) is 3.72. The fourth-order valence-corrected chi connectivity index (χ4v) is 1.75. The van der Waals surface area contributed by atoms with Crippen LogP contribution in [-0.4, -0.2) is 16.1 Å². The predicted octanol–water partition coefficient (Wildman–Crippen LogP) is 2.75. The van der Waals surface area contributed by atoms with Crippen LogP contribution in [0.3, 0.4) is 0 Å². The zero-order chi connectivity index (χ0) is 12.3. The van der Waals surface area contributed by atoms with Gasteiger partial charge in [-0.15, -0.1) is 0 Å². The minimum Gasteiger partial charge on any atom is -0.383 e. The molecular formula is C13H16FN3. The monoisotopic (exact) mass is 233 g/mol. The van der Waals surface area contributed by atoms with E-state index in [-0.39, 0.29) is 5.82 Å². The summed E-state index contributed by atoms with van der Waals surface area (Å²) < 4.78 is 15.3. The number of aromatic nitrogens is 2. The maximum absolute atomic E-state index is 13.3. The van der Waals surface area contributed by atoms with Gasteiger partial charge in [-0.1, -0.05) is 6.07 Å². The third-order valence-electron chi connectivity index (χ3n) is 2.86. The topological polar surface area (TPSA) is 29.9 Å². The van der Waals surface area contributed by atoms with Gasteiger partial charge in [0.1, 0.15) is 11.6 Å². The lowest BCUT2D eigenvalue weighted by Crippen LogP contribution is -2.11. The maximum atomic E-state index is 13.3. The SMILES string of the molecule is Cc1c(F)cccc1NCCn1ccnc1C. The first-order valence-electron chi connectivity index (χ1n) is 5.65. The van der Waals surface area contributed by atoms with Crippen LogP contribution in [0.2, 0.25) is 0 Å². The van der Waals surface area contributed by atoms with Gasteiger partial charge in [-0.05, 0) is 26.0 Å². The molecule has 1 N–H and O–H groups in total. The molecule has 2 rings (SSSR count). The van der Waals surface area contributed by atoms with Crippen LogP contribution in [0.5, 0.6) is 0 Å². The number of rotatable bonds is 4. The Hall–Kier alpha value is -1.84. The Bertz CT molecular complexity index is 505. The molecule has 0 radical (unpaired) electrons. The van der Waals surface area contributed by atoms with Gasteiger partial charge in [-0.25, -0.2) is 9.37 Å². The van der Waals surface area contributed by atoms with E-state index < -0.39 is 0 Å². The van der Waals surface area contributed by atoms with Gasteiger partial charge < -0.3 is 9.88 Å². The van der Waals surface area contributed by atoms with E-state index in [1.807, 2.05) is 19.2 Å². The summed E-state index contributed by atoms with van der Waals surface area (Å²) in [5.74, 6) is 0.816. The molecule has 0 bridgehead atoms. The van der Waals surface area contributed by atoms with Crippen LogP contribution in [0.1, 0.15) is 11.4 Å². The molecule has 0 fully saturated rings. The zero-order valence-corrected chi connectivity index (χ0v) is 10.1. The predicted molar refractivity (Wildman–Crippen MR) is 66.6 cm³/mol. The van der Waals surface area contributed by atoms with Crippen LogP contribution in [0, 0.1) is 19.7 Å². The molecule has 0 amide bonds. The summed E-state index contributed by atoms with van der Waals surface area (Å²) in [5, 5.41) is 3.23. The molecule has 1 aromatic heterocycles. The quantitative estimate of drug-likeness (QED) is 0.880. The van der Waals surface area contributed by atoms with Gasteiger partial charge in [-0.3, -0.25) is 0 Å². The van der Waals surface area contributed by atoms with Crippen molar-refractivity contribution in [2.24, 2.45) is 0 Å². The van der Waals surface area contributed by atoms with E-state index >= 15 is 0 Å². The standard InChI is InChI=1S/C13H16FN3/c1-10-12(14)4-3-5-13(10)16-7-9-17-8-6-15-11(17)2/h3-6,8,16H,7,9H2,1-2H3. The van der Waals surface area contributed by atoms with E-state index in [0.717, 1.165) is 24.6 Å². The van der Waals surface area contributed by atoms with Gasteiger partial charge in [0.25, 0.3) is 0 Å². The summed E-state index contributed by atoms with van der Waals surface area (Å²) in [6, 6.07) is 5.08. The van der Waals surface area contributed by atoms with E-state index in [1.165, 1.54) is 6.07 Å². The molecule has 3 nitrogen and oxygen atoms in total. The van der Waals surface area contributed by atoms with E-state index in [2.05, 4.69) is 14.9 Å². The number of halogens is 1. The molecule has 0 saturated heterocycles. The van der Waals surface area contributed by atoms with Crippen LogP contribution < -0.4 is 5.32 Å². The molecular weight excluding hydrogens is 217 g/mol. The number of hydrogen-bond donors (Lipinski definition) is 1. The fraction of sp³-hybridized carbons (Fsp3) is 0.308. The molecule has 0 aliphatic rings. The van der Waals surface area contributed by atoms with Gasteiger partial charge in [0, 0.05) is 36.7 Å². The van der Waals surface area contributed by atoms with Gasteiger partial charge in [0.2, 0.25) is 0 Å². The lowest BCUT2D eigenvalue weighted by molar-refractivity contribution is 0.618. The van der Waals surface area contributed by atoms with Crippen molar-refractivity contribution in [3.8, 4) is 0 Å². The minimum absolute atomic E-state index is 0.172. The van der Waals surface area contributed by atoms with Gasteiger partial charge >= 0.3 is 0 Å². The highest BCUT2D eigenvalue weighted by atomic mass is 19.1. The minimum atomic E-state index is -0.172. The number of nitrogens with one attached hydrogen (secondary N) is 1. The Morgan fingerprint density at radius 1 is 1.35 bits per heavy atom. The zero-order valence-electron chi connectivity index (χ0n) is 10.1. The molecule has 17 heavy (non-hydrogen) atoms. The highest BCUT2D eigenvalue weighted by molar-refractivity contribution is 5.50. The molecule has 0 aliphatic heterocycles. The molecule has 0 unspecified atom stereocenters. The number of anilines is 1. The summed E-state index contributed by atoms with van der Waals surface area (Å²) in [4.78, 5) is 4.15. The van der Waals surface area contributed by atoms with Crippen molar-refractivity contribution in [3.05, 3.63) is 47.8 Å². The third-order valence-corrected chi connectivity index (χ3v) is 2.86. The molecule has 0 aliphatic carbocycles. The van der Waals surface area contributed by atoms with Crippen molar-refractivity contribution in [3.63, 3.8) is 0 Å². The third kappa shape index (κ3) is 2.64. The first-order valence-corrected chi connectivity index (χ1v) is 5.65. The van der Waals surface area contributed by atoms with Crippen molar-refractivity contribution in [2.75, 3.05) is 11.9 Å². The molecule has 1 aromatic carbocycles. The van der Waals surface area contributed by atoms with Crippen molar-refractivity contribution < 1.29 is 4.39 Å². The average Bonchev–Trinajstić information content (AvgIpc) is 2.71. The second kappa shape index (κ2) is 4.99. The van der Waals surface area contributed by atoms with Gasteiger partial charge in [0.05, 0.1) is 0 Å². The van der Waals surface area contributed by atoms with Crippen LogP contribution in [-0.2, 0) is 6.54 Å². The average molecular weight is 233 g/mol. The lowest BCUT2D eigenvalue weighted by atomic mass is 10.2. The number of imidazole rings is 1. The summed E-state index contributed by atoms with van der Waals surface area (Å²) in [7, 11) is 0. The van der Waals surface area contributed by atoms with E-state index in [9.17, 15) is 4.39 Å². The molecule has 0 spiro atoms. The van der Waals surface area contributed by atoms with Gasteiger partial charge in [-0.2, -0.15) is 0 Å². The maximum Gasteiger partial charge on any atom is 0.128 e. The number of benzene rings is 1. The molecule has 0 saturated carbocycles. The Labute approximate surface area is 100 Å². The largest absolute Gasteiger partial charge is 0.383 e. The highest BCUT2D eigenvalue weighted by Crippen LogP contribution is 2.16. The van der Waals surface area contributed by atoms with Crippen LogP contribution >= 0.6 is 0 Å². The number of hydrogen-bond acceptors (Lipinski definition) is 2. The lowest BCUT2D eigenvalue weighted by Gasteiger charge is -2.11. The summed E-state index contributed by atoms with van der Waals surface area (Å²) in [6.45, 7) is 5.32. The Balaban J connectivity index is 1.95. The smallest absolute Gasteiger partial charge is 0.128 e. The fourth-order valence-electron chi connectivity index (χ4n) is 1.75. The second-order valence-corrected chi connectivity index (χ2v) is 4.01.